The zero-order valence-corrected chi connectivity index (χ0v) is 16.5. The lowest BCUT2D eigenvalue weighted by atomic mass is 9.93. The molecule has 2 atom stereocenters. The van der Waals surface area contributed by atoms with Crippen molar-refractivity contribution in [1.82, 2.24) is 9.47 Å². The highest BCUT2D eigenvalue weighted by molar-refractivity contribution is 5.87. The maximum atomic E-state index is 13.2. The zero-order chi connectivity index (χ0) is 19.1. The van der Waals surface area contributed by atoms with Crippen LogP contribution in [0.15, 0.2) is 42.5 Å². The number of likely N-dealkylation sites (N-methyl/N-ethyl adjacent to an activating group) is 1. The van der Waals surface area contributed by atoms with Crippen LogP contribution in [0.3, 0.4) is 0 Å². The lowest BCUT2D eigenvalue weighted by Crippen LogP contribution is -2.38. The van der Waals surface area contributed by atoms with E-state index in [2.05, 4.69) is 42.5 Å². The van der Waals surface area contributed by atoms with Crippen LogP contribution in [-0.4, -0.2) is 29.7 Å². The van der Waals surface area contributed by atoms with Gasteiger partial charge in [-0.15, -0.1) is 0 Å². The molecular formula is C23H27FN2O. The Morgan fingerprint density at radius 3 is 2.56 bits per heavy atom. The minimum atomic E-state index is -0.180. The second kappa shape index (κ2) is 7.01. The van der Waals surface area contributed by atoms with Gasteiger partial charge in [-0.05, 0) is 68.8 Å². The van der Waals surface area contributed by atoms with E-state index >= 15 is 0 Å². The summed E-state index contributed by atoms with van der Waals surface area (Å²) in [5.41, 5.74) is 5.27. The molecule has 2 unspecified atom stereocenters. The largest absolute Gasteiger partial charge is 0.497 e. The quantitative estimate of drug-likeness (QED) is 0.649. The summed E-state index contributed by atoms with van der Waals surface area (Å²) < 4.78 is 21.2. The number of rotatable bonds is 4. The summed E-state index contributed by atoms with van der Waals surface area (Å²) in [6, 6.07) is 14.1. The van der Waals surface area contributed by atoms with Crippen LogP contribution >= 0.6 is 0 Å². The molecule has 0 N–H and O–H groups in total. The van der Waals surface area contributed by atoms with Crippen molar-refractivity contribution in [3.8, 4) is 5.75 Å². The number of benzene rings is 2. The lowest BCUT2D eigenvalue weighted by Gasteiger charge is -2.37. The van der Waals surface area contributed by atoms with E-state index in [1.165, 1.54) is 22.2 Å². The van der Waals surface area contributed by atoms with Gasteiger partial charge < -0.3 is 9.30 Å². The predicted molar refractivity (Wildman–Crippen MR) is 108 cm³/mol. The molecule has 0 aliphatic carbocycles. The number of ether oxygens (including phenoxy) is 1. The van der Waals surface area contributed by atoms with Crippen molar-refractivity contribution < 1.29 is 9.13 Å². The number of fused-ring (bicyclic) bond motifs is 3. The first-order valence-corrected chi connectivity index (χ1v) is 9.65. The van der Waals surface area contributed by atoms with E-state index in [-0.39, 0.29) is 5.82 Å². The van der Waals surface area contributed by atoms with Gasteiger partial charge in [0.25, 0.3) is 0 Å². The van der Waals surface area contributed by atoms with E-state index in [1.54, 1.807) is 19.2 Å². The fourth-order valence-corrected chi connectivity index (χ4v) is 4.38. The Hall–Kier alpha value is -2.33. The molecular weight excluding hydrogens is 339 g/mol. The van der Waals surface area contributed by atoms with Crippen LogP contribution in [0.25, 0.3) is 10.9 Å². The van der Waals surface area contributed by atoms with Crippen molar-refractivity contribution in [3.05, 3.63) is 65.1 Å². The first-order valence-electron chi connectivity index (χ1n) is 9.65. The second-order valence-electron chi connectivity index (χ2n) is 7.67. The van der Waals surface area contributed by atoms with Gasteiger partial charge in [-0.25, -0.2) is 4.39 Å². The highest BCUT2D eigenvalue weighted by Gasteiger charge is 2.31. The number of hydrogen-bond donors (Lipinski definition) is 0. The summed E-state index contributed by atoms with van der Waals surface area (Å²) in [5, 5.41) is 1.29. The monoisotopic (exact) mass is 366 g/mol. The number of aryl methyl sites for hydroxylation is 2. The molecule has 3 aromatic rings. The summed E-state index contributed by atoms with van der Waals surface area (Å²) >= 11 is 0. The molecule has 3 nitrogen and oxygen atoms in total. The first kappa shape index (κ1) is 18.1. The van der Waals surface area contributed by atoms with Gasteiger partial charge in [0.1, 0.15) is 11.6 Å². The molecule has 2 aromatic carbocycles. The van der Waals surface area contributed by atoms with Crippen LogP contribution in [-0.2, 0) is 19.4 Å². The number of aromatic nitrogens is 1. The van der Waals surface area contributed by atoms with Crippen molar-refractivity contribution in [3.63, 3.8) is 0 Å². The van der Waals surface area contributed by atoms with E-state index in [4.69, 9.17) is 4.74 Å². The molecule has 142 valence electrons. The number of nitrogens with zero attached hydrogens (tertiary/aromatic N) is 2. The number of halogens is 1. The van der Waals surface area contributed by atoms with Crippen molar-refractivity contribution in [2.45, 2.75) is 45.3 Å². The molecule has 0 saturated carbocycles. The van der Waals surface area contributed by atoms with Crippen molar-refractivity contribution in [1.29, 1.82) is 0 Å². The van der Waals surface area contributed by atoms with Crippen molar-refractivity contribution in [2.24, 2.45) is 0 Å². The van der Waals surface area contributed by atoms with E-state index in [1.807, 2.05) is 18.2 Å². The molecule has 4 rings (SSSR count). The average molecular weight is 366 g/mol. The fraction of sp³-hybridized carbons (Fsp3) is 0.391. The van der Waals surface area contributed by atoms with Gasteiger partial charge in [-0.2, -0.15) is 0 Å². The van der Waals surface area contributed by atoms with Crippen LogP contribution in [0.1, 0.15) is 36.7 Å². The maximum absolute atomic E-state index is 13.2. The normalized spacial score (nSPS) is 20.0. The highest BCUT2D eigenvalue weighted by atomic mass is 19.1. The van der Waals surface area contributed by atoms with Gasteiger partial charge in [0.2, 0.25) is 0 Å². The minimum Gasteiger partial charge on any atom is -0.497 e. The van der Waals surface area contributed by atoms with E-state index in [0.29, 0.717) is 12.1 Å². The molecule has 0 amide bonds. The molecule has 0 radical (unpaired) electrons. The van der Waals surface area contributed by atoms with Crippen LogP contribution < -0.4 is 4.74 Å². The topological polar surface area (TPSA) is 17.4 Å². The Bertz CT molecular complexity index is 961. The molecule has 2 heterocycles. The third-order valence-electron chi connectivity index (χ3n) is 6.17. The van der Waals surface area contributed by atoms with Gasteiger partial charge >= 0.3 is 0 Å². The molecule has 4 heteroatoms. The Morgan fingerprint density at radius 1 is 1.11 bits per heavy atom. The summed E-state index contributed by atoms with van der Waals surface area (Å²) in [5.74, 6) is 0.717. The molecule has 0 saturated heterocycles. The predicted octanol–water partition coefficient (Wildman–Crippen LogP) is 4.97. The molecule has 0 spiro atoms. The standard InChI is InChI=1S/C23H27FN2O/c1-15-13-22-23(16(2)25(15)3)20-14-19(27-4)9-10-21(20)26(22)12-11-17-5-7-18(24)8-6-17/h5-10,14-16H,11-13H2,1-4H3. The Labute approximate surface area is 160 Å². The first-order chi connectivity index (χ1) is 13.0. The molecule has 1 aromatic heterocycles. The van der Waals surface area contributed by atoms with Gasteiger partial charge in [-0.1, -0.05) is 12.1 Å². The van der Waals surface area contributed by atoms with Crippen LogP contribution in [0.4, 0.5) is 4.39 Å². The fourth-order valence-electron chi connectivity index (χ4n) is 4.38. The summed E-state index contributed by atoms with van der Waals surface area (Å²) in [6.45, 7) is 5.48. The minimum absolute atomic E-state index is 0.180. The maximum Gasteiger partial charge on any atom is 0.123 e. The SMILES string of the molecule is COc1ccc2c(c1)c1c(n2CCc2ccc(F)cc2)CC(C)N(C)C1C. The zero-order valence-electron chi connectivity index (χ0n) is 16.5. The van der Waals surface area contributed by atoms with Gasteiger partial charge in [-0.3, -0.25) is 4.90 Å². The molecule has 1 aliphatic heterocycles. The van der Waals surface area contributed by atoms with Crippen LogP contribution in [0.5, 0.6) is 5.75 Å². The van der Waals surface area contributed by atoms with Gasteiger partial charge in [0.05, 0.1) is 7.11 Å². The molecule has 27 heavy (non-hydrogen) atoms. The Morgan fingerprint density at radius 2 is 1.85 bits per heavy atom. The summed E-state index contributed by atoms with van der Waals surface area (Å²) in [6.07, 6.45) is 1.93. The van der Waals surface area contributed by atoms with Crippen molar-refractivity contribution in [2.75, 3.05) is 14.2 Å². The van der Waals surface area contributed by atoms with Crippen LogP contribution in [0.2, 0.25) is 0 Å². The van der Waals surface area contributed by atoms with E-state index in [9.17, 15) is 4.39 Å². The highest BCUT2D eigenvalue weighted by Crippen LogP contribution is 2.40. The Balaban J connectivity index is 1.79. The van der Waals surface area contributed by atoms with Crippen LogP contribution in [0, 0.1) is 5.82 Å². The average Bonchev–Trinajstić information content (AvgIpc) is 2.98. The lowest BCUT2D eigenvalue weighted by molar-refractivity contribution is 0.177. The third kappa shape index (κ3) is 3.12. The van der Waals surface area contributed by atoms with E-state index < -0.39 is 0 Å². The Kier molecular flexibility index (Phi) is 4.68. The smallest absolute Gasteiger partial charge is 0.123 e. The molecule has 1 aliphatic rings. The summed E-state index contributed by atoms with van der Waals surface area (Å²) in [7, 11) is 3.93. The molecule has 0 fully saturated rings. The van der Waals surface area contributed by atoms with E-state index in [0.717, 1.165) is 30.7 Å². The summed E-state index contributed by atoms with van der Waals surface area (Å²) in [4.78, 5) is 2.45. The third-order valence-corrected chi connectivity index (χ3v) is 6.17. The van der Waals surface area contributed by atoms with Crippen molar-refractivity contribution >= 4 is 10.9 Å². The van der Waals surface area contributed by atoms with Gasteiger partial charge in [0.15, 0.2) is 0 Å². The van der Waals surface area contributed by atoms with Gasteiger partial charge in [0, 0.05) is 41.6 Å². The number of methoxy groups -OCH3 is 1. The number of hydrogen-bond acceptors (Lipinski definition) is 2. The molecule has 0 bridgehead atoms. The second-order valence-corrected chi connectivity index (χ2v) is 7.67.